The van der Waals surface area contributed by atoms with Crippen molar-refractivity contribution in [2.24, 2.45) is 0 Å². The summed E-state index contributed by atoms with van der Waals surface area (Å²) in [7, 11) is 0. The van der Waals surface area contributed by atoms with E-state index < -0.39 is 11.2 Å². The summed E-state index contributed by atoms with van der Waals surface area (Å²) < 4.78 is 0. The minimum Gasteiger partial charge on any atom is -0.382 e. The van der Waals surface area contributed by atoms with Gasteiger partial charge >= 0.3 is 0 Å². The summed E-state index contributed by atoms with van der Waals surface area (Å²) in [5.41, 5.74) is -1.11. The number of benzene rings is 2. The molecular formula is C18H22O2. The largest absolute Gasteiger partial charge is 0.382 e. The van der Waals surface area contributed by atoms with Gasteiger partial charge < -0.3 is 10.2 Å². The fourth-order valence-corrected chi connectivity index (χ4v) is 2.90. The monoisotopic (exact) mass is 270 g/mol. The van der Waals surface area contributed by atoms with Crippen molar-refractivity contribution >= 4 is 0 Å². The van der Waals surface area contributed by atoms with Crippen molar-refractivity contribution in [3.8, 4) is 0 Å². The van der Waals surface area contributed by atoms with Gasteiger partial charge in [-0.1, -0.05) is 74.5 Å². The standard InChI is InChI=1S/C18H22O2/c1-3-17(19,15-11-7-5-8-12-15)18(20,4-2)16-13-9-6-10-14-16/h5-14,19-20H,3-4H2,1-2H3/t17-,18-/m0/s1. The van der Waals surface area contributed by atoms with E-state index >= 15 is 0 Å². The second kappa shape index (κ2) is 5.78. The molecule has 0 aliphatic carbocycles. The van der Waals surface area contributed by atoms with Gasteiger partial charge in [-0.05, 0) is 24.0 Å². The molecule has 0 aromatic heterocycles. The average Bonchev–Trinajstić information content (AvgIpc) is 2.54. The van der Waals surface area contributed by atoms with Crippen LogP contribution in [-0.4, -0.2) is 10.2 Å². The zero-order valence-corrected chi connectivity index (χ0v) is 12.1. The van der Waals surface area contributed by atoms with Crippen molar-refractivity contribution in [1.82, 2.24) is 0 Å². The first kappa shape index (κ1) is 14.8. The van der Waals surface area contributed by atoms with Crippen LogP contribution in [0.4, 0.5) is 0 Å². The fourth-order valence-electron chi connectivity index (χ4n) is 2.90. The van der Waals surface area contributed by atoms with E-state index in [0.717, 1.165) is 11.1 Å². The highest BCUT2D eigenvalue weighted by molar-refractivity contribution is 5.33. The van der Waals surface area contributed by atoms with Crippen LogP contribution >= 0.6 is 0 Å². The Balaban J connectivity index is 2.58. The lowest BCUT2D eigenvalue weighted by Gasteiger charge is -2.43. The molecule has 0 bridgehead atoms. The Morgan fingerprint density at radius 2 is 0.950 bits per heavy atom. The summed E-state index contributed by atoms with van der Waals surface area (Å²) in [5.74, 6) is 0. The summed E-state index contributed by atoms with van der Waals surface area (Å²) in [6, 6.07) is 18.8. The highest BCUT2D eigenvalue weighted by Crippen LogP contribution is 2.45. The third-order valence-electron chi connectivity index (χ3n) is 4.21. The summed E-state index contributed by atoms with van der Waals surface area (Å²) in [6.07, 6.45) is 0.881. The fraction of sp³-hybridized carbons (Fsp3) is 0.333. The minimum atomic E-state index is -1.30. The molecule has 2 aromatic carbocycles. The van der Waals surface area contributed by atoms with Gasteiger partial charge in [0.25, 0.3) is 0 Å². The second-order valence-electron chi connectivity index (χ2n) is 5.16. The van der Waals surface area contributed by atoms with Crippen molar-refractivity contribution in [1.29, 1.82) is 0 Å². The van der Waals surface area contributed by atoms with E-state index in [1.165, 1.54) is 0 Å². The molecule has 2 heteroatoms. The lowest BCUT2D eigenvalue weighted by Crippen LogP contribution is -2.48. The summed E-state index contributed by atoms with van der Waals surface area (Å²) >= 11 is 0. The molecule has 2 N–H and O–H groups in total. The molecule has 0 heterocycles. The van der Waals surface area contributed by atoms with Crippen LogP contribution in [0.25, 0.3) is 0 Å². The Morgan fingerprint density at radius 1 is 0.650 bits per heavy atom. The summed E-state index contributed by atoms with van der Waals surface area (Å²) in [5, 5.41) is 22.4. The van der Waals surface area contributed by atoms with Crippen LogP contribution in [0.3, 0.4) is 0 Å². The van der Waals surface area contributed by atoms with E-state index in [1.807, 2.05) is 74.5 Å². The summed E-state index contributed by atoms with van der Waals surface area (Å²) in [4.78, 5) is 0. The molecule has 0 saturated heterocycles. The third kappa shape index (κ3) is 2.26. The molecule has 2 rings (SSSR count). The predicted octanol–water partition coefficient (Wildman–Crippen LogP) is 3.58. The Hall–Kier alpha value is -1.64. The highest BCUT2D eigenvalue weighted by atomic mass is 16.4. The maximum absolute atomic E-state index is 11.2. The molecule has 0 saturated carbocycles. The van der Waals surface area contributed by atoms with Crippen LogP contribution in [0.5, 0.6) is 0 Å². The van der Waals surface area contributed by atoms with Crippen LogP contribution in [0.1, 0.15) is 37.8 Å². The molecule has 0 fully saturated rings. The molecule has 0 aliphatic heterocycles. The zero-order valence-electron chi connectivity index (χ0n) is 12.1. The maximum Gasteiger partial charge on any atom is 0.122 e. The van der Waals surface area contributed by atoms with Crippen molar-refractivity contribution < 1.29 is 10.2 Å². The minimum absolute atomic E-state index is 0.441. The van der Waals surface area contributed by atoms with E-state index in [4.69, 9.17) is 0 Å². The van der Waals surface area contributed by atoms with Crippen molar-refractivity contribution in [3.63, 3.8) is 0 Å². The lowest BCUT2D eigenvalue weighted by atomic mass is 9.70. The van der Waals surface area contributed by atoms with Gasteiger partial charge in [0.1, 0.15) is 11.2 Å². The van der Waals surface area contributed by atoms with E-state index in [2.05, 4.69) is 0 Å². The smallest absolute Gasteiger partial charge is 0.122 e. The maximum atomic E-state index is 11.2. The number of aliphatic hydroxyl groups is 2. The third-order valence-corrected chi connectivity index (χ3v) is 4.21. The SMILES string of the molecule is CC[C@](O)(c1ccccc1)[C@](O)(CC)c1ccccc1. The molecule has 0 radical (unpaired) electrons. The molecular weight excluding hydrogens is 248 g/mol. The number of hydrogen-bond donors (Lipinski definition) is 2. The van der Waals surface area contributed by atoms with Crippen molar-refractivity contribution in [2.45, 2.75) is 37.9 Å². The molecule has 0 amide bonds. The Kier molecular flexibility index (Phi) is 4.26. The van der Waals surface area contributed by atoms with Gasteiger partial charge in [-0.15, -0.1) is 0 Å². The van der Waals surface area contributed by atoms with Gasteiger partial charge in [0, 0.05) is 0 Å². The van der Waals surface area contributed by atoms with Gasteiger partial charge in [0.15, 0.2) is 0 Å². The van der Waals surface area contributed by atoms with Crippen LogP contribution in [0.15, 0.2) is 60.7 Å². The molecule has 106 valence electrons. The Labute approximate surface area is 120 Å². The zero-order chi connectivity index (χ0) is 14.6. The number of rotatable bonds is 5. The number of hydrogen-bond acceptors (Lipinski definition) is 2. The Morgan fingerprint density at radius 3 is 1.20 bits per heavy atom. The van der Waals surface area contributed by atoms with Crippen LogP contribution in [-0.2, 0) is 11.2 Å². The average molecular weight is 270 g/mol. The first-order valence-electron chi connectivity index (χ1n) is 7.14. The molecule has 2 aromatic rings. The first-order chi connectivity index (χ1) is 9.58. The van der Waals surface area contributed by atoms with Crippen LogP contribution in [0.2, 0.25) is 0 Å². The topological polar surface area (TPSA) is 40.5 Å². The molecule has 20 heavy (non-hydrogen) atoms. The van der Waals surface area contributed by atoms with Gasteiger partial charge in [0.05, 0.1) is 0 Å². The van der Waals surface area contributed by atoms with Gasteiger partial charge in [-0.25, -0.2) is 0 Å². The summed E-state index contributed by atoms with van der Waals surface area (Å²) in [6.45, 7) is 3.80. The molecule has 2 atom stereocenters. The van der Waals surface area contributed by atoms with E-state index in [-0.39, 0.29) is 0 Å². The normalized spacial score (nSPS) is 17.2. The van der Waals surface area contributed by atoms with Gasteiger partial charge in [-0.2, -0.15) is 0 Å². The molecule has 0 unspecified atom stereocenters. The first-order valence-corrected chi connectivity index (χ1v) is 7.14. The Bertz CT molecular complexity index is 486. The van der Waals surface area contributed by atoms with Crippen LogP contribution in [0, 0.1) is 0 Å². The van der Waals surface area contributed by atoms with Crippen molar-refractivity contribution in [2.75, 3.05) is 0 Å². The van der Waals surface area contributed by atoms with Gasteiger partial charge in [0.2, 0.25) is 0 Å². The lowest BCUT2D eigenvalue weighted by molar-refractivity contribution is -0.169. The molecule has 0 aliphatic rings. The van der Waals surface area contributed by atoms with E-state index in [1.54, 1.807) is 0 Å². The molecule has 0 spiro atoms. The second-order valence-corrected chi connectivity index (χ2v) is 5.16. The van der Waals surface area contributed by atoms with Crippen LogP contribution < -0.4 is 0 Å². The van der Waals surface area contributed by atoms with Gasteiger partial charge in [-0.3, -0.25) is 0 Å². The quantitative estimate of drug-likeness (QED) is 0.871. The van der Waals surface area contributed by atoms with Crippen molar-refractivity contribution in [3.05, 3.63) is 71.8 Å². The highest BCUT2D eigenvalue weighted by Gasteiger charge is 2.49. The van der Waals surface area contributed by atoms with E-state index in [0.29, 0.717) is 12.8 Å². The predicted molar refractivity (Wildman–Crippen MR) is 81.3 cm³/mol. The van der Waals surface area contributed by atoms with E-state index in [9.17, 15) is 10.2 Å². The molecule has 2 nitrogen and oxygen atoms in total.